The van der Waals surface area contributed by atoms with Crippen LogP contribution in [0.2, 0.25) is 0 Å². The molecule has 0 saturated carbocycles. The minimum Gasteiger partial charge on any atom is -0.479 e. The summed E-state index contributed by atoms with van der Waals surface area (Å²) in [5, 5.41) is 163. The van der Waals surface area contributed by atoms with Crippen molar-refractivity contribution in [3.05, 3.63) is 170 Å². The van der Waals surface area contributed by atoms with Crippen molar-refractivity contribution in [1.29, 1.82) is 0 Å². The molecule has 130 heavy (non-hydrogen) atoms. The van der Waals surface area contributed by atoms with E-state index in [-0.39, 0.29) is 51.4 Å². The predicted molar refractivity (Wildman–Crippen MR) is 417 cm³/mol. The van der Waals surface area contributed by atoms with E-state index in [4.69, 9.17) is 39.4 Å². The zero-order valence-corrected chi connectivity index (χ0v) is 70.4. The van der Waals surface area contributed by atoms with Crippen LogP contribution in [-0.4, -0.2) is 175 Å². The van der Waals surface area contributed by atoms with E-state index < -0.39 is 268 Å². The molecular formula is C68H78N12O50. The summed E-state index contributed by atoms with van der Waals surface area (Å²) in [6.45, 7) is 23.5. The van der Waals surface area contributed by atoms with Gasteiger partial charge in [0.25, 0.3) is 45.7 Å². The number of carbonyl (C=O) groups is 14. The van der Waals surface area contributed by atoms with Gasteiger partial charge >= 0.3 is 129 Å². The van der Waals surface area contributed by atoms with Gasteiger partial charge < -0.3 is 58.3 Å². The summed E-state index contributed by atoms with van der Waals surface area (Å²) in [6.07, 6.45) is -5.29. The van der Waals surface area contributed by atoms with Gasteiger partial charge in [-0.05, 0) is 83.1 Å². The summed E-state index contributed by atoms with van der Waals surface area (Å²) in [7, 11) is 0. The van der Waals surface area contributed by atoms with E-state index in [1.165, 1.54) is 83.1 Å². The third kappa shape index (κ3) is 41.0. The van der Waals surface area contributed by atoms with Crippen molar-refractivity contribution in [1.82, 2.24) is 0 Å². The van der Waals surface area contributed by atoms with Crippen LogP contribution < -0.4 is 18.9 Å². The number of hydrogen-bond acceptors (Lipinski definition) is 48. The molecule has 4 N–H and O–H groups in total. The number of hydrogen-bond donors (Lipinski definition) is 4. The highest BCUT2D eigenvalue weighted by Gasteiger charge is 2.42. The smallest absolute Gasteiger partial charge is 0.335 e. The number of nitro benzene ring substituents is 12. The summed E-state index contributed by atoms with van der Waals surface area (Å²) in [6, 6.07) is 3.99. The topological polar surface area (TPSA) is 911 Å². The molecule has 0 saturated heterocycles. The van der Waals surface area contributed by atoms with Gasteiger partial charge in [0.1, 0.15) is 0 Å². The summed E-state index contributed by atoms with van der Waals surface area (Å²) in [4.78, 5) is 271. The van der Waals surface area contributed by atoms with Gasteiger partial charge in [0.2, 0.25) is 0 Å². The first-order valence-corrected chi connectivity index (χ1v) is 35.3. The summed E-state index contributed by atoms with van der Waals surface area (Å²) in [5.74, 6) is -16.9. The molecule has 2 unspecified atom stereocenters. The van der Waals surface area contributed by atoms with Crippen LogP contribution in [0.4, 0.5) is 68.2 Å². The molecule has 0 aliphatic rings. The van der Waals surface area contributed by atoms with Crippen molar-refractivity contribution < 1.29 is 185 Å². The number of aliphatic carboxylic acids is 2. The Morgan fingerprint density at radius 1 is 0.254 bits per heavy atom. The molecule has 0 amide bonds. The predicted octanol–water partition coefficient (Wildman–Crippen LogP) is 8.78. The molecule has 4 aromatic carbocycles. The van der Waals surface area contributed by atoms with Crippen molar-refractivity contribution >= 4 is 152 Å². The lowest BCUT2D eigenvalue weighted by Gasteiger charge is -2.16. The van der Waals surface area contributed by atoms with Crippen molar-refractivity contribution in [3.63, 3.8) is 0 Å². The first-order valence-electron chi connectivity index (χ1n) is 35.3. The van der Waals surface area contributed by atoms with E-state index in [0.29, 0.717) is 48.5 Å². The normalized spacial score (nSPS) is 10.9. The Bertz CT molecular complexity index is 4390. The Balaban J connectivity index is -0.00000146. The van der Waals surface area contributed by atoms with Crippen molar-refractivity contribution in [3.8, 4) is 23.0 Å². The van der Waals surface area contributed by atoms with Gasteiger partial charge in [-0.3, -0.25) is 179 Å². The number of rotatable bonds is 29. The second kappa shape index (κ2) is 51.9. The van der Waals surface area contributed by atoms with Crippen LogP contribution in [-0.2, 0) is 86.1 Å². The minimum atomic E-state index is -2.27. The molecule has 0 aliphatic carbocycles. The monoisotopic (exact) mass is 1860 g/mol. The minimum absolute atomic E-state index is 0.0878. The molecule has 62 nitrogen and oxygen atoms in total. The highest BCUT2D eigenvalue weighted by molar-refractivity contribution is 5.92. The fraction of sp³-hybridized carbons (Fsp3) is 0.441. The molecule has 0 fully saturated rings. The SMILES string of the molecule is CC(C)(C)C(=O)Oc1c([N+](=O)[O-])cc([N+](=O)[O-])cc1[N+](=O)[O-].CC(C)(C)C(=O)Oc1c([N+](=O)[O-])cc([N+](=O)[O-])cc1[N+](=O)[O-].CC(C)(C)C(=O)Oc1c([N+](=O)[O-])cc([N+](=O)[O-])cc1[N+](=O)[O-].CC(C)(C)C(=O)Oc1c([N+](=O)[O-])cc([N+](=O)[O-])cc1[N+](=O)[O-].CCC(=O)OC(=O)CCC(=O)OC(=O)CC.CCC(=O)OC(=O)CCC(=O)OC(=O)CC.O=C(O)C(O)C(O)C(=O)O. The van der Waals surface area contributed by atoms with Gasteiger partial charge in [0.15, 0.2) is 12.2 Å². The standard InChI is InChI=1S/4C11H11N3O8.2C10H14O6.C4H6O6/c4*1-11(2,3)10(15)22-9-7(13(18)19)4-6(12(16)17)5-8(9)14(20)21;2*1-3-7(11)15-9(13)5-6-10(14)16-8(12)4-2;5-1(3(7)8)2(6)4(9)10/h4*4-5H,1-3H3;2*3-6H2,1-2H3;1-2,5-6H,(H,7,8)(H,9,10). The average Bonchev–Trinajstić information content (AvgIpc) is 0.808. The Morgan fingerprint density at radius 2 is 0.377 bits per heavy atom. The van der Waals surface area contributed by atoms with Gasteiger partial charge in [0.05, 0.1) is 155 Å². The number of carbonyl (C=O) groups excluding carboxylic acids is 12. The first kappa shape index (κ1) is 117. The van der Waals surface area contributed by atoms with E-state index in [9.17, 15) is 188 Å². The summed E-state index contributed by atoms with van der Waals surface area (Å²) >= 11 is 0. The number of benzene rings is 4. The fourth-order valence-electron chi connectivity index (χ4n) is 6.92. The van der Waals surface area contributed by atoms with E-state index in [1.807, 2.05) is 0 Å². The van der Waals surface area contributed by atoms with Crippen LogP contribution in [0.25, 0.3) is 0 Å². The molecule has 62 heteroatoms. The largest absolute Gasteiger partial charge is 0.479 e. The van der Waals surface area contributed by atoms with Gasteiger partial charge in [-0.25, -0.2) is 9.59 Å². The second-order valence-corrected chi connectivity index (χ2v) is 28.3. The van der Waals surface area contributed by atoms with Gasteiger partial charge in [-0.15, -0.1) is 0 Å². The zero-order chi connectivity index (χ0) is 102. The number of nitro groups is 12. The number of nitrogens with zero attached hydrogens (tertiary/aromatic N) is 12. The lowest BCUT2D eigenvalue weighted by molar-refractivity contribution is -0.404. The molecule has 710 valence electrons. The number of esters is 12. The molecule has 0 spiro atoms. The summed E-state index contributed by atoms with van der Waals surface area (Å²) < 4.78 is 36.3. The van der Waals surface area contributed by atoms with E-state index >= 15 is 0 Å². The maximum Gasteiger partial charge on any atom is 0.335 e. The molecule has 4 aromatic rings. The third-order valence-corrected chi connectivity index (χ3v) is 13.7. The fourth-order valence-corrected chi connectivity index (χ4v) is 6.92. The van der Waals surface area contributed by atoms with Gasteiger partial charge in [-0.2, -0.15) is 0 Å². The molecule has 0 bridgehead atoms. The molecule has 0 aliphatic heterocycles. The van der Waals surface area contributed by atoms with E-state index in [0.717, 1.165) is 0 Å². The maximum absolute atomic E-state index is 11.8. The maximum atomic E-state index is 11.8. The van der Waals surface area contributed by atoms with Crippen LogP contribution in [0.15, 0.2) is 48.5 Å². The Morgan fingerprint density at radius 3 is 0.462 bits per heavy atom. The van der Waals surface area contributed by atoms with Crippen LogP contribution >= 0.6 is 0 Å². The van der Waals surface area contributed by atoms with E-state index in [2.05, 4.69) is 18.9 Å². The van der Waals surface area contributed by atoms with Crippen LogP contribution in [0, 0.1) is 143 Å². The molecule has 0 radical (unpaired) electrons. The Hall–Kier alpha value is -17.0. The van der Waals surface area contributed by atoms with Crippen molar-refractivity contribution in [2.75, 3.05) is 0 Å². The van der Waals surface area contributed by atoms with Crippen molar-refractivity contribution in [2.24, 2.45) is 21.7 Å². The average molecular weight is 1860 g/mol. The Labute approximate surface area is 723 Å². The van der Waals surface area contributed by atoms with Gasteiger partial charge in [0, 0.05) is 25.7 Å². The first-order chi connectivity index (χ1) is 59.2. The number of ether oxygens (including phenoxy) is 8. The van der Waals surface area contributed by atoms with Gasteiger partial charge in [-0.1, -0.05) is 27.7 Å². The molecule has 0 aromatic heterocycles. The Kier molecular flexibility index (Phi) is 46.8. The quantitative estimate of drug-likeness (QED) is 0.00984. The number of non-ortho nitro benzene ring substituents is 4. The van der Waals surface area contributed by atoms with Crippen LogP contribution in [0.3, 0.4) is 0 Å². The van der Waals surface area contributed by atoms with Crippen LogP contribution in [0.1, 0.15) is 162 Å². The lowest BCUT2D eigenvalue weighted by Crippen LogP contribution is -2.39. The molecule has 0 heterocycles. The number of carboxylic acids is 2. The molecular weight excluding hydrogens is 1780 g/mol. The zero-order valence-electron chi connectivity index (χ0n) is 70.4. The second-order valence-electron chi connectivity index (χ2n) is 28.3. The van der Waals surface area contributed by atoms with Crippen LogP contribution in [0.5, 0.6) is 23.0 Å². The highest BCUT2D eigenvalue weighted by atomic mass is 16.7. The van der Waals surface area contributed by atoms with Crippen molar-refractivity contribution in [2.45, 2.75) is 174 Å². The van der Waals surface area contributed by atoms with E-state index in [1.54, 1.807) is 27.7 Å². The number of carboxylic acid groups (broad SMARTS) is 2. The summed E-state index contributed by atoms with van der Waals surface area (Å²) in [5.41, 5.74) is -16.0. The highest BCUT2D eigenvalue weighted by Crippen LogP contribution is 2.46. The number of aliphatic hydroxyl groups is 2. The third-order valence-electron chi connectivity index (χ3n) is 13.7. The molecule has 2 atom stereocenters. The number of aliphatic hydroxyl groups excluding tert-OH is 2. The molecule has 4 rings (SSSR count). The lowest BCUT2D eigenvalue weighted by atomic mass is 9.97.